The van der Waals surface area contributed by atoms with Gasteiger partial charge < -0.3 is 4.74 Å². The standard InChI is InChI=1S/C9H11ClF2N2O/c1-6-4-7(10)14-9(13-6)2-3-15-5-8(11)12/h4,8H,2-3,5H2,1H3. The normalized spacial score (nSPS) is 11.0. The maximum atomic E-state index is 11.7. The molecule has 1 heterocycles. The first-order chi connectivity index (χ1) is 7.08. The maximum absolute atomic E-state index is 11.7. The summed E-state index contributed by atoms with van der Waals surface area (Å²) in [6, 6.07) is 1.63. The number of hydrogen-bond donors (Lipinski definition) is 0. The van der Waals surface area contributed by atoms with Crippen molar-refractivity contribution in [2.45, 2.75) is 19.8 Å². The molecule has 0 saturated heterocycles. The topological polar surface area (TPSA) is 35.0 Å². The number of ether oxygens (including phenoxy) is 1. The van der Waals surface area contributed by atoms with Crippen LogP contribution in [0.3, 0.4) is 0 Å². The van der Waals surface area contributed by atoms with E-state index >= 15 is 0 Å². The van der Waals surface area contributed by atoms with Crippen LogP contribution in [-0.4, -0.2) is 29.6 Å². The van der Waals surface area contributed by atoms with Crippen LogP contribution in [0.5, 0.6) is 0 Å². The van der Waals surface area contributed by atoms with Crippen molar-refractivity contribution in [2.75, 3.05) is 13.2 Å². The van der Waals surface area contributed by atoms with Crippen LogP contribution in [0.15, 0.2) is 6.07 Å². The summed E-state index contributed by atoms with van der Waals surface area (Å²) in [4.78, 5) is 8.03. The number of aryl methyl sites for hydroxylation is 1. The third kappa shape index (κ3) is 4.99. The van der Waals surface area contributed by atoms with Crippen LogP contribution in [0, 0.1) is 6.92 Å². The number of aromatic nitrogens is 2. The van der Waals surface area contributed by atoms with Gasteiger partial charge in [0, 0.05) is 12.1 Å². The minimum Gasteiger partial charge on any atom is -0.375 e. The molecule has 0 fully saturated rings. The van der Waals surface area contributed by atoms with Gasteiger partial charge in [0.2, 0.25) is 0 Å². The second-order valence-corrected chi connectivity index (χ2v) is 3.35. The molecular weight excluding hydrogens is 226 g/mol. The van der Waals surface area contributed by atoms with Crippen molar-refractivity contribution in [1.29, 1.82) is 0 Å². The van der Waals surface area contributed by atoms with Crippen LogP contribution in [0.4, 0.5) is 8.78 Å². The molecule has 0 radical (unpaired) electrons. The fourth-order valence-electron chi connectivity index (χ4n) is 1.04. The molecule has 3 nitrogen and oxygen atoms in total. The highest BCUT2D eigenvalue weighted by atomic mass is 35.5. The summed E-state index contributed by atoms with van der Waals surface area (Å²) >= 11 is 5.70. The highest BCUT2D eigenvalue weighted by Crippen LogP contribution is 2.06. The van der Waals surface area contributed by atoms with Crippen LogP contribution in [0.25, 0.3) is 0 Å². The van der Waals surface area contributed by atoms with E-state index in [0.29, 0.717) is 17.4 Å². The van der Waals surface area contributed by atoms with Crippen molar-refractivity contribution in [3.63, 3.8) is 0 Å². The van der Waals surface area contributed by atoms with E-state index in [4.69, 9.17) is 16.3 Å². The third-order valence-corrected chi connectivity index (χ3v) is 1.78. The van der Waals surface area contributed by atoms with Gasteiger partial charge in [0.25, 0.3) is 6.43 Å². The van der Waals surface area contributed by atoms with Crippen LogP contribution in [0.2, 0.25) is 5.15 Å². The summed E-state index contributed by atoms with van der Waals surface area (Å²) < 4.78 is 28.1. The lowest BCUT2D eigenvalue weighted by Gasteiger charge is -2.03. The minimum absolute atomic E-state index is 0.171. The van der Waals surface area contributed by atoms with Crippen LogP contribution < -0.4 is 0 Å². The molecule has 84 valence electrons. The average molecular weight is 237 g/mol. The fraction of sp³-hybridized carbons (Fsp3) is 0.556. The minimum atomic E-state index is -2.44. The van der Waals surface area contributed by atoms with Crippen molar-refractivity contribution < 1.29 is 13.5 Å². The molecule has 0 spiro atoms. The predicted octanol–water partition coefficient (Wildman–Crippen LogP) is 2.26. The van der Waals surface area contributed by atoms with Gasteiger partial charge in [-0.15, -0.1) is 0 Å². The Kier molecular flexibility index (Phi) is 4.84. The van der Waals surface area contributed by atoms with Gasteiger partial charge in [-0.25, -0.2) is 18.7 Å². The predicted molar refractivity (Wildman–Crippen MR) is 52.3 cm³/mol. The first-order valence-corrected chi connectivity index (χ1v) is 4.81. The number of halogens is 3. The van der Waals surface area contributed by atoms with Crippen LogP contribution in [0.1, 0.15) is 11.5 Å². The molecule has 0 saturated carbocycles. The lowest BCUT2D eigenvalue weighted by Crippen LogP contribution is -2.09. The van der Waals surface area contributed by atoms with Crippen molar-refractivity contribution >= 4 is 11.6 Å². The zero-order chi connectivity index (χ0) is 11.3. The molecule has 0 bridgehead atoms. The first kappa shape index (κ1) is 12.3. The SMILES string of the molecule is Cc1cc(Cl)nc(CCOCC(F)F)n1. The molecule has 6 heteroatoms. The molecule has 0 atom stereocenters. The number of alkyl halides is 2. The second kappa shape index (κ2) is 5.92. The van der Waals surface area contributed by atoms with Gasteiger partial charge in [-0.3, -0.25) is 0 Å². The van der Waals surface area contributed by atoms with Gasteiger partial charge in [-0.2, -0.15) is 0 Å². The highest BCUT2D eigenvalue weighted by Gasteiger charge is 2.04. The molecule has 0 amide bonds. The van der Waals surface area contributed by atoms with Gasteiger partial charge in [0.05, 0.1) is 6.61 Å². The Morgan fingerprint density at radius 1 is 1.47 bits per heavy atom. The molecule has 0 aliphatic heterocycles. The summed E-state index contributed by atoms with van der Waals surface area (Å²) in [6.45, 7) is 1.40. The summed E-state index contributed by atoms with van der Waals surface area (Å²) in [5.74, 6) is 0.509. The Morgan fingerprint density at radius 2 is 2.20 bits per heavy atom. The number of rotatable bonds is 5. The maximum Gasteiger partial charge on any atom is 0.261 e. The van der Waals surface area contributed by atoms with Crippen molar-refractivity contribution in [3.8, 4) is 0 Å². The van der Waals surface area contributed by atoms with E-state index in [-0.39, 0.29) is 6.61 Å². The summed E-state index contributed by atoms with van der Waals surface area (Å²) in [7, 11) is 0. The highest BCUT2D eigenvalue weighted by molar-refractivity contribution is 6.29. The van der Waals surface area contributed by atoms with Crippen molar-refractivity contribution in [2.24, 2.45) is 0 Å². The molecule has 0 aliphatic carbocycles. The van der Waals surface area contributed by atoms with E-state index in [1.54, 1.807) is 13.0 Å². The van der Waals surface area contributed by atoms with E-state index in [0.717, 1.165) is 5.69 Å². The Hall–Kier alpha value is -0.810. The third-order valence-electron chi connectivity index (χ3n) is 1.58. The van der Waals surface area contributed by atoms with E-state index in [2.05, 4.69) is 9.97 Å². The molecule has 0 N–H and O–H groups in total. The lowest BCUT2D eigenvalue weighted by molar-refractivity contribution is 0.0183. The van der Waals surface area contributed by atoms with E-state index in [9.17, 15) is 8.78 Å². The van der Waals surface area contributed by atoms with Gasteiger partial charge in [0.15, 0.2) is 0 Å². The molecule has 1 rings (SSSR count). The molecule has 1 aromatic heterocycles. The molecule has 0 aliphatic rings. The molecule has 1 aromatic rings. The molecular formula is C9H11ClF2N2O. The number of nitrogens with zero attached hydrogens (tertiary/aromatic N) is 2. The van der Waals surface area contributed by atoms with Crippen LogP contribution in [-0.2, 0) is 11.2 Å². The second-order valence-electron chi connectivity index (χ2n) is 2.96. The molecule has 0 unspecified atom stereocenters. The first-order valence-electron chi connectivity index (χ1n) is 4.44. The Bertz CT molecular complexity index is 303. The smallest absolute Gasteiger partial charge is 0.261 e. The summed E-state index contributed by atoms with van der Waals surface area (Å²) in [5.41, 5.74) is 0.749. The van der Waals surface area contributed by atoms with E-state index < -0.39 is 13.0 Å². The lowest BCUT2D eigenvalue weighted by atomic mass is 10.4. The molecule has 15 heavy (non-hydrogen) atoms. The van der Waals surface area contributed by atoms with Gasteiger partial charge in [0.1, 0.15) is 17.6 Å². The van der Waals surface area contributed by atoms with Gasteiger partial charge >= 0.3 is 0 Å². The fourth-order valence-corrected chi connectivity index (χ4v) is 1.29. The Morgan fingerprint density at radius 3 is 2.80 bits per heavy atom. The molecule has 0 aromatic carbocycles. The zero-order valence-electron chi connectivity index (χ0n) is 8.21. The van der Waals surface area contributed by atoms with Gasteiger partial charge in [-0.05, 0) is 13.0 Å². The Balaban J connectivity index is 2.37. The van der Waals surface area contributed by atoms with Crippen molar-refractivity contribution in [1.82, 2.24) is 9.97 Å². The number of hydrogen-bond acceptors (Lipinski definition) is 3. The largest absolute Gasteiger partial charge is 0.375 e. The monoisotopic (exact) mass is 236 g/mol. The van der Waals surface area contributed by atoms with Gasteiger partial charge in [-0.1, -0.05) is 11.6 Å². The Labute approximate surface area is 91.4 Å². The van der Waals surface area contributed by atoms with E-state index in [1.807, 2.05) is 0 Å². The quantitative estimate of drug-likeness (QED) is 0.581. The zero-order valence-corrected chi connectivity index (χ0v) is 8.97. The van der Waals surface area contributed by atoms with E-state index in [1.165, 1.54) is 0 Å². The van der Waals surface area contributed by atoms with Crippen LogP contribution >= 0.6 is 11.6 Å². The summed E-state index contributed by atoms with van der Waals surface area (Å²) in [5, 5.41) is 0.353. The summed E-state index contributed by atoms with van der Waals surface area (Å²) in [6.07, 6.45) is -2.05. The average Bonchev–Trinajstić information content (AvgIpc) is 2.10. The van der Waals surface area contributed by atoms with Crippen molar-refractivity contribution in [3.05, 3.63) is 22.7 Å².